The van der Waals surface area contributed by atoms with E-state index in [0.29, 0.717) is 16.2 Å². The van der Waals surface area contributed by atoms with Crippen molar-refractivity contribution in [2.45, 2.75) is 13.5 Å². The minimum Gasteiger partial charge on any atom is -0.353 e. The van der Waals surface area contributed by atoms with Crippen molar-refractivity contribution in [3.8, 4) is 0 Å². The number of aromatic nitrogens is 3. The normalized spacial score (nSPS) is 15.6. The lowest BCUT2D eigenvalue weighted by molar-refractivity contribution is 0.348. The first-order chi connectivity index (χ1) is 9.13. The SMILES string of the molecule is Cc1nccn1CC1CN(c2ncc(Br)cc2F)C1. The molecule has 6 heteroatoms. The highest BCUT2D eigenvalue weighted by Gasteiger charge is 2.30. The zero-order valence-corrected chi connectivity index (χ0v) is 12.1. The first-order valence-corrected chi connectivity index (χ1v) is 6.96. The maximum absolute atomic E-state index is 13.7. The molecule has 19 heavy (non-hydrogen) atoms. The van der Waals surface area contributed by atoms with Gasteiger partial charge in [-0.15, -0.1) is 0 Å². The molecule has 1 fully saturated rings. The van der Waals surface area contributed by atoms with Gasteiger partial charge < -0.3 is 9.47 Å². The summed E-state index contributed by atoms with van der Waals surface area (Å²) in [4.78, 5) is 10.3. The van der Waals surface area contributed by atoms with Gasteiger partial charge in [-0.05, 0) is 28.9 Å². The van der Waals surface area contributed by atoms with Crippen molar-refractivity contribution in [2.24, 2.45) is 5.92 Å². The lowest BCUT2D eigenvalue weighted by Crippen LogP contribution is -2.49. The smallest absolute Gasteiger partial charge is 0.166 e. The van der Waals surface area contributed by atoms with Gasteiger partial charge in [-0.1, -0.05) is 0 Å². The fraction of sp³-hybridized carbons (Fsp3) is 0.385. The number of hydrogen-bond acceptors (Lipinski definition) is 3. The number of nitrogens with zero attached hydrogens (tertiary/aromatic N) is 4. The summed E-state index contributed by atoms with van der Waals surface area (Å²) in [5, 5.41) is 0. The molecule has 0 atom stereocenters. The number of rotatable bonds is 3. The molecule has 0 bridgehead atoms. The molecule has 0 N–H and O–H groups in total. The van der Waals surface area contributed by atoms with Gasteiger partial charge in [0.15, 0.2) is 11.6 Å². The van der Waals surface area contributed by atoms with Gasteiger partial charge in [0.2, 0.25) is 0 Å². The van der Waals surface area contributed by atoms with E-state index in [0.717, 1.165) is 25.5 Å². The molecule has 0 aliphatic carbocycles. The van der Waals surface area contributed by atoms with Gasteiger partial charge in [-0.2, -0.15) is 0 Å². The molecule has 0 spiro atoms. The Morgan fingerprint density at radius 3 is 2.84 bits per heavy atom. The summed E-state index contributed by atoms with van der Waals surface area (Å²) in [5.74, 6) is 1.72. The number of anilines is 1. The molecule has 0 amide bonds. The summed E-state index contributed by atoms with van der Waals surface area (Å²) in [6, 6.07) is 1.45. The fourth-order valence-electron chi connectivity index (χ4n) is 2.37. The predicted octanol–water partition coefficient (Wildman–Crippen LogP) is 2.62. The van der Waals surface area contributed by atoms with Crippen LogP contribution in [-0.4, -0.2) is 27.6 Å². The number of imidazole rings is 1. The molecular weight excluding hydrogens is 311 g/mol. The van der Waals surface area contributed by atoms with Crippen molar-refractivity contribution in [1.29, 1.82) is 0 Å². The second-order valence-corrected chi connectivity index (χ2v) is 5.77. The second kappa shape index (κ2) is 4.92. The van der Waals surface area contributed by atoms with E-state index >= 15 is 0 Å². The Balaban J connectivity index is 1.62. The fourth-order valence-corrected chi connectivity index (χ4v) is 2.68. The quantitative estimate of drug-likeness (QED) is 0.870. The first-order valence-electron chi connectivity index (χ1n) is 6.17. The third kappa shape index (κ3) is 2.49. The summed E-state index contributed by atoms with van der Waals surface area (Å²) in [5.41, 5.74) is 0. The van der Waals surface area contributed by atoms with E-state index in [2.05, 4.69) is 30.5 Å². The van der Waals surface area contributed by atoms with Crippen molar-refractivity contribution in [3.63, 3.8) is 0 Å². The highest BCUT2D eigenvalue weighted by molar-refractivity contribution is 9.10. The van der Waals surface area contributed by atoms with Crippen molar-refractivity contribution in [3.05, 3.63) is 40.8 Å². The van der Waals surface area contributed by atoms with Crippen molar-refractivity contribution >= 4 is 21.7 Å². The molecule has 4 nitrogen and oxygen atoms in total. The van der Waals surface area contributed by atoms with Crippen LogP contribution < -0.4 is 4.90 Å². The summed E-state index contributed by atoms with van der Waals surface area (Å²) in [6.45, 7) is 4.60. The monoisotopic (exact) mass is 324 g/mol. The molecule has 3 heterocycles. The lowest BCUT2D eigenvalue weighted by Gasteiger charge is -2.40. The number of halogens is 2. The van der Waals surface area contributed by atoms with E-state index in [1.165, 1.54) is 6.07 Å². The van der Waals surface area contributed by atoms with Gasteiger partial charge in [0.25, 0.3) is 0 Å². The van der Waals surface area contributed by atoms with Crippen LogP contribution in [0.4, 0.5) is 10.2 Å². The number of hydrogen-bond donors (Lipinski definition) is 0. The topological polar surface area (TPSA) is 34.0 Å². The average molecular weight is 325 g/mol. The Morgan fingerprint density at radius 2 is 2.21 bits per heavy atom. The van der Waals surface area contributed by atoms with Gasteiger partial charge in [-0.25, -0.2) is 14.4 Å². The van der Waals surface area contributed by atoms with Crippen molar-refractivity contribution < 1.29 is 4.39 Å². The van der Waals surface area contributed by atoms with Gasteiger partial charge >= 0.3 is 0 Å². The summed E-state index contributed by atoms with van der Waals surface area (Å²) in [7, 11) is 0. The van der Waals surface area contributed by atoms with E-state index in [1.807, 2.05) is 24.2 Å². The third-order valence-corrected chi connectivity index (χ3v) is 3.86. The Labute approximate surface area is 119 Å². The third-order valence-electron chi connectivity index (χ3n) is 3.42. The first kappa shape index (κ1) is 12.6. The van der Waals surface area contributed by atoms with Crippen LogP contribution in [0, 0.1) is 18.7 Å². The van der Waals surface area contributed by atoms with Crippen LogP contribution in [-0.2, 0) is 6.54 Å². The molecule has 1 aliphatic rings. The van der Waals surface area contributed by atoms with Crippen molar-refractivity contribution in [2.75, 3.05) is 18.0 Å². The van der Waals surface area contributed by atoms with Gasteiger partial charge in [0.05, 0.1) is 0 Å². The zero-order valence-electron chi connectivity index (χ0n) is 10.6. The Kier molecular flexibility index (Phi) is 3.26. The van der Waals surface area contributed by atoms with Crippen LogP contribution in [0.2, 0.25) is 0 Å². The molecular formula is C13H14BrFN4. The van der Waals surface area contributed by atoms with Crippen LogP contribution in [0.25, 0.3) is 0 Å². The van der Waals surface area contributed by atoms with Crippen LogP contribution in [0.5, 0.6) is 0 Å². The summed E-state index contributed by atoms with van der Waals surface area (Å²) in [6.07, 6.45) is 5.42. The van der Waals surface area contributed by atoms with E-state index in [4.69, 9.17) is 0 Å². The van der Waals surface area contributed by atoms with Crippen LogP contribution >= 0.6 is 15.9 Å². The lowest BCUT2D eigenvalue weighted by atomic mass is 10.00. The second-order valence-electron chi connectivity index (χ2n) is 4.86. The van der Waals surface area contributed by atoms with Gasteiger partial charge in [0.1, 0.15) is 5.82 Å². The maximum atomic E-state index is 13.7. The highest BCUT2D eigenvalue weighted by Crippen LogP contribution is 2.27. The summed E-state index contributed by atoms with van der Waals surface area (Å²) < 4.78 is 16.5. The molecule has 1 saturated heterocycles. The molecule has 1 aliphatic heterocycles. The van der Waals surface area contributed by atoms with Crippen molar-refractivity contribution in [1.82, 2.24) is 14.5 Å². The van der Waals surface area contributed by atoms with E-state index < -0.39 is 0 Å². The Bertz CT molecular complexity index is 592. The zero-order chi connectivity index (χ0) is 13.4. The molecule has 2 aromatic rings. The molecule has 0 aromatic carbocycles. The predicted molar refractivity (Wildman–Crippen MR) is 74.6 cm³/mol. The van der Waals surface area contributed by atoms with Gasteiger partial charge in [0, 0.05) is 48.6 Å². The standard InChI is InChI=1S/C13H14BrFN4/c1-9-16-2-3-18(9)6-10-7-19(8-10)13-12(15)4-11(14)5-17-13/h2-5,10H,6-8H2,1H3. The minimum atomic E-state index is -0.272. The Morgan fingerprint density at radius 1 is 1.42 bits per heavy atom. The average Bonchev–Trinajstić information content (AvgIpc) is 2.70. The van der Waals surface area contributed by atoms with Crippen LogP contribution in [0.15, 0.2) is 29.1 Å². The summed E-state index contributed by atoms with van der Waals surface area (Å²) >= 11 is 3.21. The maximum Gasteiger partial charge on any atom is 0.166 e. The molecule has 0 unspecified atom stereocenters. The Hall–Kier alpha value is -1.43. The largest absolute Gasteiger partial charge is 0.353 e. The molecule has 0 radical (unpaired) electrons. The van der Waals surface area contributed by atoms with E-state index in [-0.39, 0.29) is 5.82 Å². The molecule has 3 rings (SSSR count). The molecule has 2 aromatic heterocycles. The number of aryl methyl sites for hydroxylation is 1. The van der Waals surface area contributed by atoms with Crippen LogP contribution in [0.3, 0.4) is 0 Å². The molecule has 100 valence electrons. The number of pyridine rings is 1. The molecule has 0 saturated carbocycles. The van der Waals surface area contributed by atoms with Crippen LogP contribution in [0.1, 0.15) is 5.82 Å². The van der Waals surface area contributed by atoms with Gasteiger partial charge in [-0.3, -0.25) is 0 Å². The minimum absolute atomic E-state index is 0.272. The van der Waals surface area contributed by atoms with E-state index in [9.17, 15) is 4.39 Å². The highest BCUT2D eigenvalue weighted by atomic mass is 79.9. The van der Waals surface area contributed by atoms with E-state index in [1.54, 1.807) is 6.20 Å².